The average molecular weight is 386 g/mol. The SMILES string of the molecule is COc1ccc(OC)c(-c2nc(CN3CC[C@@]4(O)CCCC[C@H]4C3)c(C)o2)c1. The Morgan fingerprint density at radius 2 is 2.11 bits per heavy atom. The van der Waals surface area contributed by atoms with Gasteiger partial charge in [0.25, 0.3) is 0 Å². The minimum Gasteiger partial charge on any atom is -0.497 e. The predicted molar refractivity (Wildman–Crippen MR) is 107 cm³/mol. The van der Waals surface area contributed by atoms with E-state index in [0.717, 1.165) is 68.1 Å². The molecule has 2 heterocycles. The monoisotopic (exact) mass is 386 g/mol. The zero-order chi connectivity index (χ0) is 19.7. The summed E-state index contributed by atoms with van der Waals surface area (Å²) in [7, 11) is 3.28. The Balaban J connectivity index is 1.53. The standard InChI is InChI=1S/C22H30N2O4/c1-15-19(14-24-11-10-22(25)9-5-4-6-16(22)13-24)23-21(28-15)18-12-17(26-2)7-8-20(18)27-3/h7-8,12,16,25H,4-6,9-11,13-14H2,1-3H3/t16-,22-/m0/s1. The number of nitrogens with zero attached hydrogens (tertiary/aromatic N) is 2. The molecule has 2 fully saturated rings. The molecule has 152 valence electrons. The van der Waals surface area contributed by atoms with Crippen LogP contribution in [0.5, 0.6) is 11.5 Å². The van der Waals surface area contributed by atoms with Crippen LogP contribution >= 0.6 is 0 Å². The minimum atomic E-state index is -0.452. The van der Waals surface area contributed by atoms with Crippen LogP contribution in [0.4, 0.5) is 0 Å². The van der Waals surface area contributed by atoms with E-state index in [1.165, 1.54) is 6.42 Å². The van der Waals surface area contributed by atoms with Gasteiger partial charge in [-0.15, -0.1) is 0 Å². The van der Waals surface area contributed by atoms with Crippen LogP contribution in [0.15, 0.2) is 22.6 Å². The number of likely N-dealkylation sites (tertiary alicyclic amines) is 1. The quantitative estimate of drug-likeness (QED) is 0.843. The van der Waals surface area contributed by atoms with Crippen LogP contribution in [0.1, 0.15) is 43.6 Å². The van der Waals surface area contributed by atoms with Crippen LogP contribution in [0.3, 0.4) is 0 Å². The lowest BCUT2D eigenvalue weighted by atomic mass is 9.71. The van der Waals surface area contributed by atoms with Crippen LogP contribution in [0, 0.1) is 12.8 Å². The zero-order valence-electron chi connectivity index (χ0n) is 17.0. The molecule has 2 aliphatic rings. The van der Waals surface area contributed by atoms with Crippen molar-refractivity contribution in [2.24, 2.45) is 5.92 Å². The van der Waals surface area contributed by atoms with E-state index < -0.39 is 5.60 Å². The van der Waals surface area contributed by atoms with Crippen LogP contribution in [0.25, 0.3) is 11.5 Å². The first-order valence-electron chi connectivity index (χ1n) is 10.2. The number of ether oxygens (including phenoxy) is 2. The van der Waals surface area contributed by atoms with Crippen molar-refractivity contribution in [2.45, 2.75) is 51.2 Å². The largest absolute Gasteiger partial charge is 0.497 e. The fraction of sp³-hybridized carbons (Fsp3) is 0.591. The molecule has 4 rings (SSSR count). The normalized spacial score (nSPS) is 25.4. The molecule has 0 unspecified atom stereocenters. The molecular formula is C22H30N2O4. The zero-order valence-corrected chi connectivity index (χ0v) is 17.0. The maximum absolute atomic E-state index is 10.9. The van der Waals surface area contributed by atoms with Crippen molar-refractivity contribution in [3.8, 4) is 23.0 Å². The van der Waals surface area contributed by atoms with Gasteiger partial charge in [0, 0.05) is 25.6 Å². The van der Waals surface area contributed by atoms with Crippen molar-refractivity contribution in [1.29, 1.82) is 0 Å². The number of methoxy groups -OCH3 is 2. The second kappa shape index (κ2) is 7.76. The van der Waals surface area contributed by atoms with Gasteiger partial charge in [-0.05, 0) is 44.4 Å². The van der Waals surface area contributed by atoms with Crippen molar-refractivity contribution in [2.75, 3.05) is 27.3 Å². The van der Waals surface area contributed by atoms with Crippen molar-refractivity contribution >= 4 is 0 Å². The van der Waals surface area contributed by atoms with Crippen LogP contribution < -0.4 is 9.47 Å². The average Bonchev–Trinajstić information content (AvgIpc) is 3.07. The topological polar surface area (TPSA) is 68.0 Å². The number of rotatable bonds is 5. The highest BCUT2D eigenvalue weighted by Gasteiger charge is 2.42. The van der Waals surface area contributed by atoms with E-state index in [1.54, 1.807) is 14.2 Å². The van der Waals surface area contributed by atoms with Crippen molar-refractivity contribution in [1.82, 2.24) is 9.88 Å². The van der Waals surface area contributed by atoms with Gasteiger partial charge in [-0.1, -0.05) is 12.8 Å². The number of piperidine rings is 1. The lowest BCUT2D eigenvalue weighted by Crippen LogP contribution is -2.53. The molecule has 1 aliphatic carbocycles. The smallest absolute Gasteiger partial charge is 0.230 e. The highest BCUT2D eigenvalue weighted by atomic mass is 16.5. The molecule has 2 aromatic rings. The Hall–Kier alpha value is -2.05. The first-order chi connectivity index (χ1) is 13.5. The van der Waals surface area contributed by atoms with E-state index in [0.29, 0.717) is 17.6 Å². The molecule has 28 heavy (non-hydrogen) atoms. The number of oxazole rings is 1. The molecule has 1 aromatic heterocycles. The molecule has 2 atom stereocenters. The number of aliphatic hydroxyl groups is 1. The number of aromatic nitrogens is 1. The fourth-order valence-electron chi connectivity index (χ4n) is 4.67. The van der Waals surface area contributed by atoms with Crippen molar-refractivity contribution in [3.63, 3.8) is 0 Å². The van der Waals surface area contributed by atoms with E-state index in [2.05, 4.69) is 4.90 Å². The number of benzene rings is 1. The molecule has 1 aliphatic heterocycles. The molecular weight excluding hydrogens is 356 g/mol. The summed E-state index contributed by atoms with van der Waals surface area (Å²) in [5, 5.41) is 10.9. The number of hydrogen-bond donors (Lipinski definition) is 1. The maximum atomic E-state index is 10.9. The summed E-state index contributed by atoms with van der Waals surface area (Å²) < 4.78 is 16.8. The Bertz CT molecular complexity index is 834. The summed E-state index contributed by atoms with van der Waals surface area (Å²) in [6, 6.07) is 5.61. The van der Waals surface area contributed by atoms with Gasteiger partial charge in [-0.2, -0.15) is 0 Å². The molecule has 6 heteroatoms. The lowest BCUT2D eigenvalue weighted by molar-refractivity contribution is -0.0969. The summed E-state index contributed by atoms with van der Waals surface area (Å²) in [4.78, 5) is 7.18. The molecule has 1 aromatic carbocycles. The first-order valence-corrected chi connectivity index (χ1v) is 10.2. The van der Waals surface area contributed by atoms with E-state index >= 15 is 0 Å². The summed E-state index contributed by atoms with van der Waals surface area (Å²) in [6.45, 7) is 4.53. The number of fused-ring (bicyclic) bond motifs is 1. The first kappa shape index (κ1) is 19.3. The molecule has 1 N–H and O–H groups in total. The van der Waals surface area contributed by atoms with Gasteiger partial charge >= 0.3 is 0 Å². The van der Waals surface area contributed by atoms with Gasteiger partial charge in [0.2, 0.25) is 5.89 Å². The lowest BCUT2D eigenvalue weighted by Gasteiger charge is -2.47. The highest BCUT2D eigenvalue weighted by Crippen LogP contribution is 2.40. The van der Waals surface area contributed by atoms with E-state index in [4.69, 9.17) is 18.9 Å². The van der Waals surface area contributed by atoms with Gasteiger partial charge in [-0.3, -0.25) is 4.90 Å². The third-order valence-electron chi connectivity index (χ3n) is 6.41. The fourth-order valence-corrected chi connectivity index (χ4v) is 4.67. The molecule has 1 saturated carbocycles. The van der Waals surface area contributed by atoms with Crippen molar-refractivity contribution in [3.05, 3.63) is 29.7 Å². The third-order valence-corrected chi connectivity index (χ3v) is 6.41. The molecule has 0 amide bonds. The van der Waals surface area contributed by atoms with Crippen molar-refractivity contribution < 1.29 is 19.0 Å². The van der Waals surface area contributed by atoms with Crippen LogP contribution in [-0.2, 0) is 6.54 Å². The number of hydrogen-bond acceptors (Lipinski definition) is 6. The predicted octanol–water partition coefficient (Wildman–Crippen LogP) is 3.79. The molecule has 0 radical (unpaired) electrons. The minimum absolute atomic E-state index is 0.375. The van der Waals surface area contributed by atoms with Gasteiger partial charge in [0.1, 0.15) is 17.3 Å². The van der Waals surface area contributed by atoms with Gasteiger partial charge in [-0.25, -0.2) is 4.98 Å². The summed E-state index contributed by atoms with van der Waals surface area (Å²) in [5.41, 5.74) is 1.28. The Morgan fingerprint density at radius 1 is 1.25 bits per heavy atom. The van der Waals surface area contributed by atoms with Crippen LogP contribution in [0.2, 0.25) is 0 Å². The Labute approximate surface area is 166 Å². The van der Waals surface area contributed by atoms with E-state index in [-0.39, 0.29) is 0 Å². The molecule has 0 spiro atoms. The summed E-state index contributed by atoms with van der Waals surface area (Å²) in [5.74, 6) is 3.19. The van der Waals surface area contributed by atoms with Gasteiger partial charge in [0.05, 0.1) is 31.1 Å². The highest BCUT2D eigenvalue weighted by molar-refractivity contribution is 5.65. The molecule has 0 bridgehead atoms. The molecule has 6 nitrogen and oxygen atoms in total. The summed E-state index contributed by atoms with van der Waals surface area (Å²) in [6.07, 6.45) is 5.31. The Morgan fingerprint density at radius 3 is 2.89 bits per heavy atom. The van der Waals surface area contributed by atoms with Crippen LogP contribution in [-0.4, -0.2) is 47.9 Å². The second-order valence-electron chi connectivity index (χ2n) is 8.12. The third kappa shape index (κ3) is 3.63. The maximum Gasteiger partial charge on any atom is 0.230 e. The second-order valence-corrected chi connectivity index (χ2v) is 8.12. The van der Waals surface area contributed by atoms with Gasteiger partial charge in [0.15, 0.2) is 0 Å². The Kier molecular flexibility index (Phi) is 5.34. The van der Waals surface area contributed by atoms with E-state index in [1.807, 2.05) is 25.1 Å². The molecule has 1 saturated heterocycles. The van der Waals surface area contributed by atoms with Gasteiger partial charge < -0.3 is 19.0 Å². The number of aryl methyl sites for hydroxylation is 1. The summed E-state index contributed by atoms with van der Waals surface area (Å²) >= 11 is 0. The van der Waals surface area contributed by atoms with E-state index in [9.17, 15) is 5.11 Å².